The van der Waals surface area contributed by atoms with Crippen molar-refractivity contribution >= 4 is 21.8 Å². The number of amides is 1. The van der Waals surface area contributed by atoms with Crippen LogP contribution in [0.1, 0.15) is 5.56 Å². The van der Waals surface area contributed by atoms with Gasteiger partial charge in [-0.25, -0.2) is 8.78 Å². The summed E-state index contributed by atoms with van der Waals surface area (Å²) in [5.74, 6) is -0.137. The molecule has 0 radical (unpaired) electrons. The van der Waals surface area contributed by atoms with Gasteiger partial charge in [-0.3, -0.25) is 4.79 Å². The molecule has 16 heavy (non-hydrogen) atoms. The number of primary amides is 1. The molecule has 0 heterocycles. The zero-order valence-electron chi connectivity index (χ0n) is 8.25. The lowest BCUT2D eigenvalue weighted by atomic mass is 10.1. The second kappa shape index (κ2) is 5.79. The number of hydrogen-bond donors (Lipinski definition) is 1. The summed E-state index contributed by atoms with van der Waals surface area (Å²) in [6.07, 6.45) is -2.41. The van der Waals surface area contributed by atoms with Gasteiger partial charge in [0.1, 0.15) is 12.4 Å². The number of halogens is 3. The van der Waals surface area contributed by atoms with E-state index >= 15 is 0 Å². The third kappa shape index (κ3) is 4.14. The van der Waals surface area contributed by atoms with E-state index in [1.165, 1.54) is 6.07 Å². The molecule has 1 amide bonds. The molecule has 1 aromatic carbocycles. The first-order chi connectivity index (χ1) is 7.49. The van der Waals surface area contributed by atoms with Crippen molar-refractivity contribution in [1.82, 2.24) is 0 Å². The third-order valence-corrected chi connectivity index (χ3v) is 2.36. The highest BCUT2D eigenvalue weighted by Crippen LogP contribution is 2.26. The van der Waals surface area contributed by atoms with Crippen LogP contribution in [0.25, 0.3) is 0 Å². The smallest absolute Gasteiger partial charge is 0.272 e. The van der Waals surface area contributed by atoms with Crippen LogP contribution in [0.4, 0.5) is 8.78 Å². The molecule has 1 rings (SSSR count). The van der Waals surface area contributed by atoms with Gasteiger partial charge in [0.05, 0.1) is 10.9 Å². The van der Waals surface area contributed by atoms with E-state index in [-0.39, 0.29) is 6.42 Å². The highest BCUT2D eigenvalue weighted by molar-refractivity contribution is 9.10. The first kappa shape index (κ1) is 12.9. The lowest BCUT2D eigenvalue weighted by Gasteiger charge is -2.08. The van der Waals surface area contributed by atoms with Crippen molar-refractivity contribution in [2.24, 2.45) is 5.73 Å². The number of rotatable bonds is 5. The Morgan fingerprint density at radius 3 is 2.69 bits per heavy atom. The maximum Gasteiger partial charge on any atom is 0.272 e. The van der Waals surface area contributed by atoms with Crippen molar-refractivity contribution in [1.29, 1.82) is 0 Å². The van der Waals surface area contributed by atoms with E-state index in [0.29, 0.717) is 15.8 Å². The Balaban J connectivity index is 2.71. The van der Waals surface area contributed by atoms with Crippen molar-refractivity contribution in [3.8, 4) is 5.75 Å². The second-order valence-electron chi connectivity index (χ2n) is 3.11. The van der Waals surface area contributed by atoms with E-state index in [4.69, 9.17) is 10.5 Å². The van der Waals surface area contributed by atoms with Crippen LogP contribution in [0.2, 0.25) is 0 Å². The highest BCUT2D eigenvalue weighted by atomic mass is 79.9. The van der Waals surface area contributed by atoms with Crippen LogP contribution in [-0.2, 0) is 11.2 Å². The van der Waals surface area contributed by atoms with E-state index in [1.807, 2.05) is 0 Å². The largest absolute Gasteiger partial charge is 0.486 e. The van der Waals surface area contributed by atoms with Crippen molar-refractivity contribution in [3.05, 3.63) is 28.2 Å². The molecule has 0 aliphatic rings. The summed E-state index contributed by atoms with van der Waals surface area (Å²) in [4.78, 5) is 10.7. The molecule has 0 atom stereocenters. The molecule has 1 aromatic rings. The fourth-order valence-electron chi connectivity index (χ4n) is 1.13. The first-order valence-electron chi connectivity index (χ1n) is 4.46. The Morgan fingerprint density at radius 1 is 1.50 bits per heavy atom. The number of alkyl halides is 2. The quantitative estimate of drug-likeness (QED) is 0.904. The molecule has 0 saturated carbocycles. The number of benzene rings is 1. The molecule has 2 N–H and O–H groups in total. The van der Waals surface area contributed by atoms with E-state index in [1.54, 1.807) is 12.1 Å². The van der Waals surface area contributed by atoms with Crippen molar-refractivity contribution in [2.75, 3.05) is 6.61 Å². The fraction of sp³-hybridized carbons (Fsp3) is 0.300. The van der Waals surface area contributed by atoms with Gasteiger partial charge in [0.25, 0.3) is 6.43 Å². The molecule has 6 heteroatoms. The van der Waals surface area contributed by atoms with Crippen LogP contribution in [0.3, 0.4) is 0 Å². The molecule has 0 saturated heterocycles. The molecular weight excluding hydrogens is 284 g/mol. The summed E-state index contributed by atoms with van der Waals surface area (Å²) >= 11 is 3.17. The summed E-state index contributed by atoms with van der Waals surface area (Å²) in [6, 6.07) is 4.74. The molecule has 0 spiro atoms. The first-order valence-corrected chi connectivity index (χ1v) is 5.26. The molecule has 0 unspecified atom stereocenters. The highest BCUT2D eigenvalue weighted by Gasteiger charge is 2.08. The Morgan fingerprint density at radius 2 is 2.19 bits per heavy atom. The van der Waals surface area contributed by atoms with E-state index in [9.17, 15) is 13.6 Å². The number of ether oxygens (including phenoxy) is 1. The van der Waals surface area contributed by atoms with Crippen LogP contribution in [0.15, 0.2) is 22.7 Å². The topological polar surface area (TPSA) is 52.3 Å². The SMILES string of the molecule is NC(=O)Cc1ccc(OCC(F)F)c(Br)c1. The Bertz CT molecular complexity index is 385. The Labute approximate surface area is 99.7 Å². The maximum absolute atomic E-state index is 11.9. The summed E-state index contributed by atoms with van der Waals surface area (Å²) < 4.78 is 29.2. The standard InChI is InChI=1S/C10H10BrF2NO2/c11-7-3-6(4-10(14)15)1-2-8(7)16-5-9(12)13/h1-3,9H,4-5H2,(H2,14,15). The van der Waals surface area contributed by atoms with Crippen molar-refractivity contribution in [2.45, 2.75) is 12.8 Å². The number of carbonyl (C=O) groups is 1. The van der Waals surface area contributed by atoms with Gasteiger partial charge >= 0.3 is 0 Å². The molecule has 0 bridgehead atoms. The van der Waals surface area contributed by atoms with E-state index < -0.39 is 18.9 Å². The molecule has 0 aliphatic heterocycles. The van der Waals surface area contributed by atoms with Crippen LogP contribution in [0.5, 0.6) is 5.75 Å². The lowest BCUT2D eigenvalue weighted by molar-refractivity contribution is -0.117. The van der Waals surface area contributed by atoms with Crippen LogP contribution >= 0.6 is 15.9 Å². The minimum absolute atomic E-state index is 0.105. The van der Waals surface area contributed by atoms with Gasteiger partial charge in [-0.1, -0.05) is 6.07 Å². The van der Waals surface area contributed by atoms with Crippen LogP contribution in [0, 0.1) is 0 Å². The van der Waals surface area contributed by atoms with Crippen LogP contribution < -0.4 is 10.5 Å². The predicted octanol–water partition coefficient (Wildman–Crippen LogP) is 2.12. The van der Waals surface area contributed by atoms with E-state index in [0.717, 1.165) is 0 Å². The molecule has 0 aromatic heterocycles. The fourth-order valence-corrected chi connectivity index (χ4v) is 1.67. The normalized spacial score (nSPS) is 10.5. The van der Waals surface area contributed by atoms with Gasteiger partial charge < -0.3 is 10.5 Å². The zero-order chi connectivity index (χ0) is 12.1. The number of hydrogen-bond acceptors (Lipinski definition) is 2. The molecule has 88 valence electrons. The van der Waals surface area contributed by atoms with Gasteiger partial charge in [0.2, 0.25) is 5.91 Å². The van der Waals surface area contributed by atoms with Crippen molar-refractivity contribution in [3.63, 3.8) is 0 Å². The molecular formula is C10H10BrF2NO2. The predicted molar refractivity (Wildman–Crippen MR) is 58.5 cm³/mol. The Kier molecular flexibility index (Phi) is 4.67. The average molecular weight is 294 g/mol. The van der Waals surface area contributed by atoms with Gasteiger partial charge in [0.15, 0.2) is 0 Å². The third-order valence-electron chi connectivity index (χ3n) is 1.74. The van der Waals surface area contributed by atoms with E-state index in [2.05, 4.69) is 15.9 Å². The maximum atomic E-state index is 11.9. The monoisotopic (exact) mass is 293 g/mol. The summed E-state index contributed by atoms with van der Waals surface area (Å²) in [5.41, 5.74) is 5.72. The van der Waals surface area contributed by atoms with Gasteiger partial charge in [-0.2, -0.15) is 0 Å². The minimum atomic E-state index is -2.52. The minimum Gasteiger partial charge on any atom is -0.486 e. The van der Waals surface area contributed by atoms with Gasteiger partial charge in [-0.05, 0) is 33.6 Å². The van der Waals surface area contributed by atoms with Gasteiger partial charge in [-0.15, -0.1) is 0 Å². The summed E-state index contributed by atoms with van der Waals surface area (Å²) in [6.45, 7) is -0.659. The zero-order valence-corrected chi connectivity index (χ0v) is 9.84. The lowest BCUT2D eigenvalue weighted by Crippen LogP contribution is -2.13. The molecule has 0 aliphatic carbocycles. The van der Waals surface area contributed by atoms with Crippen molar-refractivity contribution < 1.29 is 18.3 Å². The number of carbonyl (C=O) groups excluding carboxylic acids is 1. The second-order valence-corrected chi connectivity index (χ2v) is 3.96. The molecule has 3 nitrogen and oxygen atoms in total. The van der Waals surface area contributed by atoms with Gasteiger partial charge in [0, 0.05) is 0 Å². The molecule has 0 fully saturated rings. The summed E-state index contributed by atoms with van der Waals surface area (Å²) in [7, 11) is 0. The Hall–Kier alpha value is -1.17. The van der Waals surface area contributed by atoms with Crippen LogP contribution in [-0.4, -0.2) is 18.9 Å². The average Bonchev–Trinajstić information content (AvgIpc) is 2.15. The summed E-state index contributed by atoms with van der Waals surface area (Å²) in [5, 5.41) is 0. The number of nitrogens with two attached hydrogens (primary N) is 1.